The van der Waals surface area contributed by atoms with Gasteiger partial charge in [0, 0.05) is 26.7 Å². The van der Waals surface area contributed by atoms with Crippen LogP contribution in [0.4, 0.5) is 5.69 Å². The molecule has 0 saturated heterocycles. The first kappa shape index (κ1) is 17.4. The summed E-state index contributed by atoms with van der Waals surface area (Å²) in [5.41, 5.74) is 2.73. The van der Waals surface area contributed by atoms with Crippen molar-refractivity contribution in [3.05, 3.63) is 59.9 Å². The van der Waals surface area contributed by atoms with Gasteiger partial charge in [-0.25, -0.2) is 0 Å². The molecular weight excluding hydrogens is 330 g/mol. The number of esters is 1. The molecule has 0 bridgehead atoms. The van der Waals surface area contributed by atoms with E-state index >= 15 is 0 Å². The van der Waals surface area contributed by atoms with E-state index in [0.717, 1.165) is 11.3 Å². The maximum absolute atomic E-state index is 11.2. The first-order valence-corrected chi connectivity index (χ1v) is 8.10. The van der Waals surface area contributed by atoms with Gasteiger partial charge < -0.3 is 14.2 Å². The third kappa shape index (κ3) is 4.16. The van der Waals surface area contributed by atoms with Crippen molar-refractivity contribution in [2.24, 2.45) is 0 Å². The normalized spacial score (nSPS) is 10.9. The smallest absolute Gasteiger partial charge is 0.308 e. The first-order chi connectivity index (χ1) is 12.5. The Morgan fingerprint density at radius 2 is 1.81 bits per heavy atom. The lowest BCUT2D eigenvalue weighted by atomic mass is 10.2. The summed E-state index contributed by atoms with van der Waals surface area (Å²) in [5, 5.41) is 3.95. The van der Waals surface area contributed by atoms with Gasteiger partial charge in [0.25, 0.3) is 5.89 Å². The van der Waals surface area contributed by atoms with Crippen molar-refractivity contribution >= 4 is 23.8 Å². The van der Waals surface area contributed by atoms with E-state index in [1.165, 1.54) is 6.92 Å². The molecule has 0 unspecified atom stereocenters. The number of ether oxygens (including phenoxy) is 1. The summed E-state index contributed by atoms with van der Waals surface area (Å²) in [7, 11) is 4.00. The van der Waals surface area contributed by atoms with Gasteiger partial charge in [0.05, 0.1) is 5.56 Å². The molecule has 132 valence electrons. The summed E-state index contributed by atoms with van der Waals surface area (Å²) in [5.74, 6) is 0.718. The second-order valence-corrected chi connectivity index (χ2v) is 5.87. The zero-order chi connectivity index (χ0) is 18.5. The fourth-order valence-electron chi connectivity index (χ4n) is 2.35. The van der Waals surface area contributed by atoms with Gasteiger partial charge in [-0.05, 0) is 35.9 Å². The molecule has 0 atom stereocenters. The monoisotopic (exact) mass is 349 g/mol. The fraction of sp³-hybridized carbons (Fsp3) is 0.150. The van der Waals surface area contributed by atoms with E-state index in [-0.39, 0.29) is 0 Å². The summed E-state index contributed by atoms with van der Waals surface area (Å²) in [6.45, 7) is 1.35. The molecular formula is C20H19N3O3. The SMILES string of the molecule is CC(=O)Oc1ccccc1-c1nc(/C=C/c2ccc(N(C)C)cc2)no1. The quantitative estimate of drug-likeness (QED) is 0.514. The second kappa shape index (κ2) is 7.65. The molecule has 1 aromatic heterocycles. The number of aromatic nitrogens is 2. The molecule has 6 nitrogen and oxygen atoms in total. The molecule has 0 aliphatic rings. The Kier molecular flexibility index (Phi) is 5.12. The van der Waals surface area contributed by atoms with E-state index in [2.05, 4.69) is 10.1 Å². The third-order valence-corrected chi connectivity index (χ3v) is 3.65. The van der Waals surface area contributed by atoms with Crippen LogP contribution in [0.5, 0.6) is 5.75 Å². The number of para-hydroxylation sites is 1. The van der Waals surface area contributed by atoms with Crippen molar-refractivity contribution in [2.45, 2.75) is 6.92 Å². The van der Waals surface area contributed by atoms with Crippen LogP contribution in [0.3, 0.4) is 0 Å². The molecule has 0 fully saturated rings. The molecule has 0 saturated carbocycles. The van der Waals surface area contributed by atoms with Crippen molar-refractivity contribution in [1.82, 2.24) is 10.1 Å². The first-order valence-electron chi connectivity index (χ1n) is 8.10. The van der Waals surface area contributed by atoms with E-state index in [0.29, 0.717) is 23.0 Å². The topological polar surface area (TPSA) is 68.5 Å². The van der Waals surface area contributed by atoms with Crippen LogP contribution in [-0.2, 0) is 4.79 Å². The summed E-state index contributed by atoms with van der Waals surface area (Å²) < 4.78 is 10.5. The molecule has 0 radical (unpaired) electrons. The zero-order valence-corrected chi connectivity index (χ0v) is 14.8. The van der Waals surface area contributed by atoms with Crippen LogP contribution in [0.25, 0.3) is 23.6 Å². The molecule has 26 heavy (non-hydrogen) atoms. The second-order valence-electron chi connectivity index (χ2n) is 5.87. The van der Waals surface area contributed by atoms with Crippen LogP contribution >= 0.6 is 0 Å². The Morgan fingerprint density at radius 1 is 1.08 bits per heavy atom. The molecule has 2 aromatic carbocycles. The average molecular weight is 349 g/mol. The van der Waals surface area contributed by atoms with Crippen molar-refractivity contribution < 1.29 is 14.1 Å². The summed E-state index contributed by atoms with van der Waals surface area (Å²) in [6, 6.07) is 15.1. The lowest BCUT2D eigenvalue weighted by Gasteiger charge is -2.11. The Balaban J connectivity index is 1.79. The minimum atomic E-state index is -0.404. The van der Waals surface area contributed by atoms with Crippen LogP contribution in [-0.4, -0.2) is 30.2 Å². The highest BCUT2D eigenvalue weighted by Crippen LogP contribution is 2.28. The van der Waals surface area contributed by atoms with E-state index in [4.69, 9.17) is 9.26 Å². The van der Waals surface area contributed by atoms with Gasteiger partial charge in [0.15, 0.2) is 5.82 Å². The number of hydrogen-bond donors (Lipinski definition) is 0. The Labute approximate surface area is 151 Å². The van der Waals surface area contributed by atoms with E-state index < -0.39 is 5.97 Å². The number of rotatable bonds is 5. The molecule has 1 heterocycles. The highest BCUT2D eigenvalue weighted by atomic mass is 16.5. The maximum Gasteiger partial charge on any atom is 0.308 e. The predicted molar refractivity (Wildman–Crippen MR) is 101 cm³/mol. The number of anilines is 1. The van der Waals surface area contributed by atoms with Gasteiger partial charge in [0.2, 0.25) is 0 Å². The lowest BCUT2D eigenvalue weighted by molar-refractivity contribution is -0.131. The van der Waals surface area contributed by atoms with Gasteiger partial charge >= 0.3 is 5.97 Å². The number of hydrogen-bond acceptors (Lipinski definition) is 6. The van der Waals surface area contributed by atoms with Gasteiger partial charge in [0.1, 0.15) is 5.75 Å². The highest BCUT2D eigenvalue weighted by Gasteiger charge is 2.14. The number of carbonyl (C=O) groups is 1. The fourth-order valence-corrected chi connectivity index (χ4v) is 2.35. The molecule has 0 N–H and O–H groups in total. The van der Waals surface area contributed by atoms with Crippen molar-refractivity contribution in [3.8, 4) is 17.2 Å². The Morgan fingerprint density at radius 3 is 2.50 bits per heavy atom. The van der Waals surface area contributed by atoms with Crippen LogP contribution < -0.4 is 9.64 Å². The van der Waals surface area contributed by atoms with Crippen molar-refractivity contribution in [3.63, 3.8) is 0 Å². The molecule has 3 aromatic rings. The average Bonchev–Trinajstić information content (AvgIpc) is 3.09. The Hall–Kier alpha value is -3.41. The molecule has 0 aliphatic heterocycles. The lowest BCUT2D eigenvalue weighted by Crippen LogP contribution is -2.07. The summed E-state index contributed by atoms with van der Waals surface area (Å²) in [4.78, 5) is 17.6. The van der Waals surface area contributed by atoms with Crippen molar-refractivity contribution in [2.75, 3.05) is 19.0 Å². The summed E-state index contributed by atoms with van der Waals surface area (Å²) >= 11 is 0. The third-order valence-electron chi connectivity index (χ3n) is 3.65. The van der Waals surface area contributed by atoms with Crippen LogP contribution in [0.1, 0.15) is 18.3 Å². The van der Waals surface area contributed by atoms with Gasteiger partial charge in [-0.15, -0.1) is 0 Å². The minimum absolute atomic E-state index is 0.296. The Bertz CT molecular complexity index is 927. The number of nitrogens with zero attached hydrogens (tertiary/aromatic N) is 3. The highest BCUT2D eigenvalue weighted by molar-refractivity contribution is 5.74. The van der Waals surface area contributed by atoms with Crippen LogP contribution in [0.15, 0.2) is 53.1 Å². The van der Waals surface area contributed by atoms with Gasteiger partial charge in [-0.2, -0.15) is 4.98 Å². The van der Waals surface area contributed by atoms with Crippen LogP contribution in [0.2, 0.25) is 0 Å². The molecule has 0 amide bonds. The zero-order valence-electron chi connectivity index (χ0n) is 14.8. The molecule has 0 spiro atoms. The standard InChI is InChI=1S/C20H19N3O3/c1-14(24)25-18-7-5-4-6-17(18)20-21-19(22-26-20)13-10-15-8-11-16(12-9-15)23(2)3/h4-13H,1-3H3/b13-10+. The van der Waals surface area contributed by atoms with E-state index in [9.17, 15) is 4.79 Å². The largest absolute Gasteiger partial charge is 0.426 e. The van der Waals surface area contributed by atoms with Crippen molar-refractivity contribution in [1.29, 1.82) is 0 Å². The number of carbonyl (C=O) groups excluding carboxylic acids is 1. The number of benzene rings is 2. The van der Waals surface area contributed by atoms with E-state index in [1.807, 2.05) is 55.4 Å². The molecule has 6 heteroatoms. The summed E-state index contributed by atoms with van der Waals surface area (Å²) in [6.07, 6.45) is 3.68. The van der Waals surface area contributed by atoms with E-state index in [1.54, 1.807) is 24.3 Å². The molecule has 0 aliphatic carbocycles. The van der Waals surface area contributed by atoms with Crippen LogP contribution in [0, 0.1) is 0 Å². The van der Waals surface area contributed by atoms with Gasteiger partial charge in [-0.1, -0.05) is 35.5 Å². The predicted octanol–water partition coefficient (Wildman–Crippen LogP) is 3.90. The molecule has 3 rings (SSSR count). The maximum atomic E-state index is 11.2. The minimum Gasteiger partial charge on any atom is -0.426 e. The van der Waals surface area contributed by atoms with Gasteiger partial charge in [-0.3, -0.25) is 4.79 Å².